The Morgan fingerprint density at radius 1 is 0.979 bits per heavy atom. The lowest BCUT2D eigenvalue weighted by atomic mass is 10.2. The van der Waals surface area contributed by atoms with Gasteiger partial charge in [-0.15, -0.1) is 5.11 Å². The molecule has 1 fully saturated rings. The summed E-state index contributed by atoms with van der Waals surface area (Å²) in [6.45, 7) is 2.99. The number of fused-ring (bicyclic) bond motifs is 1. The number of non-ortho nitro benzene ring substituents is 1. The number of ether oxygens (including phenoxy) is 1. The first-order valence-corrected chi connectivity index (χ1v) is 15.4. The zero-order valence-electron chi connectivity index (χ0n) is 25.6. The molecule has 2 N–H and O–H groups in total. The fourth-order valence-electron chi connectivity index (χ4n) is 4.82. The number of nitrogens with one attached hydrogen (secondary N) is 2. The number of morpholine rings is 1. The number of halogens is 1. The number of amides is 1. The highest BCUT2D eigenvalue weighted by Crippen LogP contribution is 2.22. The first-order chi connectivity index (χ1) is 23.4. The molecule has 244 valence electrons. The SMILES string of the molecule is O=C(NC(=NCc1ccc(Cl)cc1)NCc1nc(N=NCc2cc3ccccc3o2)cc(N2CCOCC2)n1)c1ccc([N+](=O)[O-])cc1. The molecule has 48 heavy (non-hydrogen) atoms. The molecule has 1 saturated heterocycles. The summed E-state index contributed by atoms with van der Waals surface area (Å²) < 4.78 is 11.4. The summed E-state index contributed by atoms with van der Waals surface area (Å²) in [5.74, 6) is 1.73. The molecule has 3 aromatic carbocycles. The van der Waals surface area contributed by atoms with Crippen LogP contribution in [0.15, 0.2) is 105 Å². The Morgan fingerprint density at radius 3 is 2.50 bits per heavy atom. The lowest BCUT2D eigenvalue weighted by Gasteiger charge is -2.28. The van der Waals surface area contributed by atoms with E-state index < -0.39 is 10.8 Å². The normalized spacial score (nSPS) is 13.6. The molecule has 1 aliphatic rings. The lowest BCUT2D eigenvalue weighted by Crippen LogP contribution is -2.41. The van der Waals surface area contributed by atoms with Gasteiger partial charge in [0.1, 0.15) is 23.7 Å². The number of carbonyl (C=O) groups is 1. The predicted octanol–water partition coefficient (Wildman–Crippen LogP) is 5.98. The van der Waals surface area contributed by atoms with Gasteiger partial charge in [-0.05, 0) is 42.0 Å². The number of anilines is 1. The molecule has 0 atom stereocenters. The second kappa shape index (κ2) is 15.2. The Bertz CT molecular complexity index is 1920. The van der Waals surface area contributed by atoms with Crippen molar-refractivity contribution in [2.75, 3.05) is 31.2 Å². The monoisotopic (exact) mass is 667 g/mol. The molecule has 15 heteroatoms. The fraction of sp³-hybridized carbons (Fsp3) is 0.212. The van der Waals surface area contributed by atoms with Crippen LogP contribution in [0.1, 0.15) is 27.5 Å². The van der Waals surface area contributed by atoms with Crippen molar-refractivity contribution in [3.63, 3.8) is 0 Å². The molecule has 3 heterocycles. The zero-order valence-corrected chi connectivity index (χ0v) is 26.3. The molecular weight excluding hydrogens is 638 g/mol. The summed E-state index contributed by atoms with van der Waals surface area (Å²) in [6.07, 6.45) is 0. The number of aromatic nitrogens is 2. The Morgan fingerprint density at radius 2 is 1.75 bits per heavy atom. The number of hydrogen-bond donors (Lipinski definition) is 2. The van der Waals surface area contributed by atoms with Crippen LogP contribution in [0.5, 0.6) is 0 Å². The van der Waals surface area contributed by atoms with Crippen molar-refractivity contribution in [2.45, 2.75) is 19.6 Å². The third-order valence-corrected chi connectivity index (χ3v) is 7.53. The number of nitro groups is 1. The number of hydrogen-bond acceptors (Lipinski definition) is 11. The van der Waals surface area contributed by atoms with Crippen molar-refractivity contribution in [1.29, 1.82) is 0 Å². The molecule has 5 aromatic rings. The Balaban J connectivity index is 1.21. The molecule has 0 bridgehead atoms. The van der Waals surface area contributed by atoms with Crippen LogP contribution < -0.4 is 15.5 Å². The molecule has 0 radical (unpaired) electrons. The summed E-state index contributed by atoms with van der Waals surface area (Å²) in [7, 11) is 0. The number of furan rings is 1. The van der Waals surface area contributed by atoms with Crippen LogP contribution in [0.25, 0.3) is 11.0 Å². The number of nitro benzene ring substituents is 1. The summed E-state index contributed by atoms with van der Waals surface area (Å²) in [5.41, 5.74) is 1.74. The van der Waals surface area contributed by atoms with Gasteiger partial charge < -0.3 is 19.4 Å². The van der Waals surface area contributed by atoms with E-state index >= 15 is 0 Å². The Hall–Kier alpha value is -5.73. The summed E-state index contributed by atoms with van der Waals surface area (Å²) in [5, 5.41) is 27.2. The van der Waals surface area contributed by atoms with E-state index in [1.54, 1.807) is 18.2 Å². The van der Waals surface area contributed by atoms with E-state index in [2.05, 4.69) is 35.7 Å². The number of guanidine groups is 1. The topological polar surface area (TPSA) is 173 Å². The number of azo groups is 1. The Labute approximate surface area is 279 Å². The summed E-state index contributed by atoms with van der Waals surface area (Å²) >= 11 is 6.03. The van der Waals surface area contributed by atoms with Gasteiger partial charge in [-0.3, -0.25) is 20.2 Å². The van der Waals surface area contributed by atoms with Crippen LogP contribution >= 0.6 is 11.6 Å². The van der Waals surface area contributed by atoms with E-state index in [0.717, 1.165) is 16.5 Å². The van der Waals surface area contributed by atoms with Crippen molar-refractivity contribution in [3.05, 3.63) is 123 Å². The molecule has 6 rings (SSSR count). The average molecular weight is 668 g/mol. The lowest BCUT2D eigenvalue weighted by molar-refractivity contribution is -0.384. The first-order valence-electron chi connectivity index (χ1n) is 15.0. The van der Waals surface area contributed by atoms with Gasteiger partial charge in [0, 0.05) is 47.3 Å². The van der Waals surface area contributed by atoms with Crippen LogP contribution in [0.3, 0.4) is 0 Å². The first kappa shape index (κ1) is 32.2. The van der Waals surface area contributed by atoms with Gasteiger partial charge in [-0.2, -0.15) is 5.11 Å². The average Bonchev–Trinajstić information content (AvgIpc) is 3.53. The molecule has 1 amide bonds. The fourth-order valence-corrected chi connectivity index (χ4v) is 4.95. The van der Waals surface area contributed by atoms with E-state index in [0.29, 0.717) is 54.5 Å². The maximum Gasteiger partial charge on any atom is 0.269 e. The van der Waals surface area contributed by atoms with Crippen LogP contribution in [0, 0.1) is 10.1 Å². The second-order valence-electron chi connectivity index (χ2n) is 10.7. The molecule has 0 aliphatic carbocycles. The van der Waals surface area contributed by atoms with Crippen LogP contribution in [-0.4, -0.2) is 53.1 Å². The van der Waals surface area contributed by atoms with Gasteiger partial charge in [0.25, 0.3) is 11.6 Å². The molecule has 1 aliphatic heterocycles. The van der Waals surface area contributed by atoms with Gasteiger partial charge in [-0.1, -0.05) is 41.9 Å². The standard InChI is InChI=1S/C33H30ClN9O5/c34-25-9-5-22(6-10-25)19-35-33(40-32(44)23-7-11-26(12-8-23)43(45)46)36-21-30-38-29(18-31(39-30)42-13-15-47-16-14-42)41-37-20-27-17-24-3-1-2-4-28(24)48-27/h1-12,17-18H,13-16,19-21H2,(H2,35,36,40,44). The van der Waals surface area contributed by atoms with E-state index in [-0.39, 0.29) is 36.8 Å². The maximum absolute atomic E-state index is 13.1. The van der Waals surface area contributed by atoms with Crippen molar-refractivity contribution in [2.24, 2.45) is 15.2 Å². The Kier molecular flexibility index (Phi) is 10.2. The third-order valence-electron chi connectivity index (χ3n) is 7.28. The van der Waals surface area contributed by atoms with Gasteiger partial charge in [0.2, 0.25) is 0 Å². The molecule has 0 spiro atoms. The molecular formula is C33H30ClN9O5. The molecule has 14 nitrogen and oxygen atoms in total. The third kappa shape index (κ3) is 8.54. The highest BCUT2D eigenvalue weighted by Gasteiger charge is 2.17. The van der Waals surface area contributed by atoms with E-state index in [4.69, 9.17) is 25.7 Å². The van der Waals surface area contributed by atoms with E-state index in [1.807, 2.05) is 42.5 Å². The van der Waals surface area contributed by atoms with E-state index in [1.165, 1.54) is 24.3 Å². The van der Waals surface area contributed by atoms with Crippen LogP contribution in [0.2, 0.25) is 5.02 Å². The van der Waals surface area contributed by atoms with Gasteiger partial charge >= 0.3 is 0 Å². The van der Waals surface area contributed by atoms with Gasteiger partial charge in [-0.25, -0.2) is 15.0 Å². The van der Waals surface area contributed by atoms with Crippen LogP contribution in [-0.2, 0) is 24.4 Å². The maximum atomic E-state index is 13.1. The largest absolute Gasteiger partial charge is 0.459 e. The van der Waals surface area contributed by atoms with E-state index in [9.17, 15) is 14.9 Å². The summed E-state index contributed by atoms with van der Waals surface area (Å²) in [4.78, 5) is 39.6. The minimum Gasteiger partial charge on any atom is -0.459 e. The van der Waals surface area contributed by atoms with Crippen molar-refractivity contribution >= 4 is 51.8 Å². The zero-order chi connectivity index (χ0) is 33.3. The van der Waals surface area contributed by atoms with Gasteiger partial charge in [0.15, 0.2) is 17.6 Å². The predicted molar refractivity (Wildman–Crippen MR) is 179 cm³/mol. The van der Waals surface area contributed by atoms with Crippen LogP contribution in [0.4, 0.5) is 17.3 Å². The van der Waals surface area contributed by atoms with Crippen molar-refractivity contribution < 1.29 is 18.9 Å². The van der Waals surface area contributed by atoms with Crippen molar-refractivity contribution in [1.82, 2.24) is 20.6 Å². The number of aliphatic imine (C=N–C) groups is 1. The molecule has 0 unspecified atom stereocenters. The number of nitrogens with zero attached hydrogens (tertiary/aromatic N) is 7. The number of rotatable bonds is 10. The number of para-hydroxylation sites is 1. The van der Waals surface area contributed by atoms with Crippen molar-refractivity contribution in [3.8, 4) is 0 Å². The summed E-state index contributed by atoms with van der Waals surface area (Å²) in [6, 6.07) is 23.9. The smallest absolute Gasteiger partial charge is 0.269 e. The molecule has 0 saturated carbocycles. The highest BCUT2D eigenvalue weighted by molar-refractivity contribution is 6.30. The minimum absolute atomic E-state index is 0.0876. The molecule has 2 aromatic heterocycles. The number of benzene rings is 3. The quantitative estimate of drug-likeness (QED) is 0.0597. The second-order valence-corrected chi connectivity index (χ2v) is 11.1. The number of carbonyl (C=O) groups excluding carboxylic acids is 1. The minimum atomic E-state index is -0.528. The van der Waals surface area contributed by atoms with Gasteiger partial charge in [0.05, 0.1) is 31.2 Å². The highest BCUT2D eigenvalue weighted by atomic mass is 35.5.